The van der Waals surface area contributed by atoms with Gasteiger partial charge in [-0.1, -0.05) is 5.16 Å². The minimum atomic E-state index is 0.0548. The summed E-state index contributed by atoms with van der Waals surface area (Å²) in [6.45, 7) is 5.86. The van der Waals surface area contributed by atoms with Crippen molar-refractivity contribution in [3.05, 3.63) is 17.5 Å². The molecule has 0 unspecified atom stereocenters. The fraction of sp³-hybridized carbons (Fsp3) is 0.667. The van der Waals surface area contributed by atoms with Crippen LogP contribution in [-0.4, -0.2) is 53.1 Å². The van der Waals surface area contributed by atoms with Gasteiger partial charge in [0.2, 0.25) is 0 Å². The first-order chi connectivity index (χ1) is 8.25. The third kappa shape index (κ3) is 1.84. The van der Waals surface area contributed by atoms with Crippen molar-refractivity contribution in [2.24, 2.45) is 0 Å². The number of hydrogen-bond donors (Lipinski definition) is 0. The number of aryl methyl sites for hydroxylation is 1. The van der Waals surface area contributed by atoms with Gasteiger partial charge in [-0.15, -0.1) is 0 Å². The van der Waals surface area contributed by atoms with Gasteiger partial charge in [0.05, 0.1) is 6.20 Å². The lowest BCUT2D eigenvalue weighted by Gasteiger charge is -2.43. The van der Waals surface area contributed by atoms with Crippen LogP contribution in [0.15, 0.2) is 10.7 Å². The molecule has 0 saturated carbocycles. The molecule has 17 heavy (non-hydrogen) atoms. The Kier molecular flexibility index (Phi) is 2.63. The summed E-state index contributed by atoms with van der Waals surface area (Å²) in [5.41, 5.74) is 0.602. The van der Waals surface area contributed by atoms with Crippen LogP contribution < -0.4 is 0 Å². The number of likely N-dealkylation sites (tertiary alicyclic amines) is 2. The van der Waals surface area contributed by atoms with Gasteiger partial charge in [0.25, 0.3) is 5.91 Å². The molecule has 1 aromatic heterocycles. The van der Waals surface area contributed by atoms with E-state index < -0.39 is 0 Å². The number of amides is 1. The molecule has 2 aliphatic rings. The lowest BCUT2D eigenvalue weighted by atomic mass is 10.1. The van der Waals surface area contributed by atoms with Gasteiger partial charge in [-0.25, -0.2) is 0 Å². The van der Waals surface area contributed by atoms with E-state index in [1.807, 2.05) is 4.90 Å². The average Bonchev–Trinajstić information content (AvgIpc) is 2.86. The second kappa shape index (κ2) is 4.14. The van der Waals surface area contributed by atoms with E-state index in [0.29, 0.717) is 17.4 Å². The van der Waals surface area contributed by atoms with Gasteiger partial charge in [-0.3, -0.25) is 9.69 Å². The van der Waals surface area contributed by atoms with Crippen LogP contribution in [0.3, 0.4) is 0 Å². The molecule has 5 nitrogen and oxygen atoms in total. The molecule has 5 heteroatoms. The fourth-order valence-electron chi connectivity index (χ4n) is 2.63. The molecule has 3 rings (SSSR count). The molecule has 0 radical (unpaired) electrons. The van der Waals surface area contributed by atoms with Crippen molar-refractivity contribution in [1.82, 2.24) is 15.0 Å². The Morgan fingerprint density at radius 1 is 1.41 bits per heavy atom. The summed E-state index contributed by atoms with van der Waals surface area (Å²) >= 11 is 0. The van der Waals surface area contributed by atoms with Crippen LogP contribution in [0.5, 0.6) is 0 Å². The summed E-state index contributed by atoms with van der Waals surface area (Å²) in [6, 6.07) is 0.571. The third-order valence-electron chi connectivity index (χ3n) is 3.79. The largest absolute Gasteiger partial charge is 0.361 e. The molecule has 1 aromatic rings. The van der Waals surface area contributed by atoms with E-state index in [4.69, 9.17) is 4.52 Å². The second-order valence-corrected chi connectivity index (χ2v) is 4.90. The fourth-order valence-corrected chi connectivity index (χ4v) is 2.63. The van der Waals surface area contributed by atoms with E-state index in [9.17, 15) is 4.79 Å². The molecule has 92 valence electrons. The van der Waals surface area contributed by atoms with Gasteiger partial charge in [-0.2, -0.15) is 0 Å². The van der Waals surface area contributed by atoms with Crippen LogP contribution in [0, 0.1) is 6.92 Å². The number of rotatable bonds is 2. The maximum Gasteiger partial charge on any atom is 0.259 e. The first-order valence-electron chi connectivity index (χ1n) is 6.20. The van der Waals surface area contributed by atoms with Crippen molar-refractivity contribution in [3.63, 3.8) is 0 Å². The van der Waals surface area contributed by atoms with E-state index in [1.54, 1.807) is 6.92 Å². The Morgan fingerprint density at radius 2 is 2.12 bits per heavy atom. The van der Waals surface area contributed by atoms with Crippen LogP contribution >= 0.6 is 0 Å². The maximum atomic E-state index is 12.1. The first-order valence-corrected chi connectivity index (χ1v) is 6.20. The quantitative estimate of drug-likeness (QED) is 0.764. The van der Waals surface area contributed by atoms with Crippen molar-refractivity contribution in [2.75, 3.05) is 26.2 Å². The van der Waals surface area contributed by atoms with Crippen LogP contribution in [0.1, 0.15) is 29.0 Å². The number of aromatic nitrogens is 1. The van der Waals surface area contributed by atoms with Crippen LogP contribution in [0.25, 0.3) is 0 Å². The maximum absolute atomic E-state index is 12.1. The molecule has 2 aliphatic heterocycles. The summed E-state index contributed by atoms with van der Waals surface area (Å²) in [5.74, 6) is 0.666. The normalized spacial score (nSPS) is 21.8. The predicted molar refractivity (Wildman–Crippen MR) is 61.7 cm³/mol. The third-order valence-corrected chi connectivity index (χ3v) is 3.79. The lowest BCUT2D eigenvalue weighted by Crippen LogP contribution is -2.60. The Morgan fingerprint density at radius 3 is 2.71 bits per heavy atom. The molecule has 2 saturated heterocycles. The minimum absolute atomic E-state index is 0.0548. The molecule has 0 aliphatic carbocycles. The van der Waals surface area contributed by atoms with Crippen LogP contribution in [0.2, 0.25) is 0 Å². The van der Waals surface area contributed by atoms with Crippen molar-refractivity contribution in [2.45, 2.75) is 25.8 Å². The smallest absolute Gasteiger partial charge is 0.259 e. The zero-order valence-electron chi connectivity index (χ0n) is 10.1. The Hall–Kier alpha value is -1.36. The standard InChI is InChI=1S/C12H17N3O2/c1-9-11(6-13-17-9)12(16)15-7-10(8-15)14-4-2-3-5-14/h6,10H,2-5,7-8H2,1H3. The number of carbonyl (C=O) groups is 1. The molecule has 0 atom stereocenters. The van der Waals surface area contributed by atoms with Gasteiger partial charge in [0.1, 0.15) is 11.3 Å². The topological polar surface area (TPSA) is 49.6 Å². The summed E-state index contributed by atoms with van der Waals surface area (Å²) in [5, 5.41) is 3.65. The highest BCUT2D eigenvalue weighted by atomic mass is 16.5. The van der Waals surface area contributed by atoms with Crippen molar-refractivity contribution >= 4 is 5.91 Å². The van der Waals surface area contributed by atoms with Gasteiger partial charge >= 0.3 is 0 Å². The number of carbonyl (C=O) groups excluding carboxylic acids is 1. The Bertz CT molecular complexity index is 417. The molecule has 2 fully saturated rings. The van der Waals surface area contributed by atoms with E-state index in [2.05, 4.69) is 10.1 Å². The summed E-state index contributed by atoms with van der Waals surface area (Å²) in [7, 11) is 0. The van der Waals surface area contributed by atoms with Gasteiger partial charge < -0.3 is 9.42 Å². The first kappa shape index (κ1) is 10.8. The molecule has 0 aromatic carbocycles. The van der Waals surface area contributed by atoms with Gasteiger partial charge in [-0.05, 0) is 32.9 Å². The van der Waals surface area contributed by atoms with E-state index in [0.717, 1.165) is 13.1 Å². The lowest BCUT2D eigenvalue weighted by molar-refractivity contribution is 0.0333. The highest BCUT2D eigenvalue weighted by Gasteiger charge is 2.36. The van der Waals surface area contributed by atoms with Gasteiger partial charge in [0, 0.05) is 19.1 Å². The molecule has 0 spiro atoms. The summed E-state index contributed by atoms with van der Waals surface area (Å²) < 4.78 is 4.92. The Labute approximate surface area is 100 Å². The minimum Gasteiger partial charge on any atom is -0.361 e. The van der Waals surface area contributed by atoms with E-state index in [-0.39, 0.29) is 5.91 Å². The van der Waals surface area contributed by atoms with Crippen molar-refractivity contribution < 1.29 is 9.32 Å². The van der Waals surface area contributed by atoms with Crippen LogP contribution in [0.4, 0.5) is 0 Å². The summed E-state index contributed by atoms with van der Waals surface area (Å²) in [6.07, 6.45) is 4.12. The highest BCUT2D eigenvalue weighted by Crippen LogP contribution is 2.22. The molecular weight excluding hydrogens is 218 g/mol. The predicted octanol–water partition coefficient (Wildman–Crippen LogP) is 0.903. The Balaban J connectivity index is 1.58. The molecule has 3 heterocycles. The second-order valence-electron chi connectivity index (χ2n) is 4.90. The summed E-state index contributed by atoms with van der Waals surface area (Å²) in [4.78, 5) is 16.4. The zero-order chi connectivity index (χ0) is 11.8. The number of hydrogen-bond acceptors (Lipinski definition) is 4. The monoisotopic (exact) mass is 235 g/mol. The van der Waals surface area contributed by atoms with E-state index >= 15 is 0 Å². The molecular formula is C12H17N3O2. The highest BCUT2D eigenvalue weighted by molar-refractivity contribution is 5.95. The molecule has 0 N–H and O–H groups in total. The molecule has 0 bridgehead atoms. The zero-order valence-corrected chi connectivity index (χ0v) is 10.1. The van der Waals surface area contributed by atoms with E-state index in [1.165, 1.54) is 32.1 Å². The van der Waals surface area contributed by atoms with Crippen molar-refractivity contribution in [3.8, 4) is 0 Å². The van der Waals surface area contributed by atoms with Crippen molar-refractivity contribution in [1.29, 1.82) is 0 Å². The SMILES string of the molecule is Cc1oncc1C(=O)N1CC(N2CCCC2)C1. The van der Waals surface area contributed by atoms with Crippen LogP contribution in [-0.2, 0) is 0 Å². The van der Waals surface area contributed by atoms with Gasteiger partial charge in [0.15, 0.2) is 0 Å². The average molecular weight is 235 g/mol. The molecule has 1 amide bonds. The number of nitrogens with zero attached hydrogens (tertiary/aromatic N) is 3.